The van der Waals surface area contributed by atoms with Crippen molar-refractivity contribution in [2.24, 2.45) is 0 Å². The van der Waals surface area contributed by atoms with Crippen LogP contribution in [-0.2, 0) is 0 Å². The second-order valence-corrected chi connectivity index (χ2v) is 8.46. The van der Waals surface area contributed by atoms with Crippen LogP contribution in [0.5, 0.6) is 0 Å². The third kappa shape index (κ3) is 2.78. The molecule has 0 saturated carbocycles. The van der Waals surface area contributed by atoms with E-state index in [2.05, 4.69) is 4.85 Å². The molecule has 0 aliphatic carbocycles. The van der Waals surface area contributed by atoms with E-state index in [1.165, 1.54) is 13.8 Å². The number of benzene rings is 5. The lowest BCUT2D eigenvalue weighted by molar-refractivity contribution is 1.08. The maximum absolute atomic E-state index is 10.7. The Hall–Kier alpha value is -5.32. The van der Waals surface area contributed by atoms with Gasteiger partial charge >= 0.3 is 0 Å². The van der Waals surface area contributed by atoms with Crippen LogP contribution in [0.1, 0.15) is 38.6 Å². The molecular formula is C34H22N4. The fourth-order valence-electron chi connectivity index (χ4n) is 5.07. The number of rotatable bonds is 2. The van der Waals surface area contributed by atoms with Crippen LogP contribution in [0.4, 0.5) is 5.69 Å². The molecule has 38 heavy (non-hydrogen) atoms. The van der Waals surface area contributed by atoms with Crippen LogP contribution in [0.25, 0.3) is 59.8 Å². The minimum absolute atomic E-state index is 0.0450. The number of hydrogen-bond donors (Lipinski definition) is 0. The predicted molar refractivity (Wildman–Crippen MR) is 156 cm³/mol. The molecule has 4 heteroatoms. The maximum atomic E-state index is 10.7. The molecule has 0 saturated heterocycles. The third-order valence-corrected chi connectivity index (χ3v) is 6.64. The zero-order chi connectivity index (χ0) is 39.9. The van der Waals surface area contributed by atoms with E-state index >= 15 is 0 Å². The van der Waals surface area contributed by atoms with Gasteiger partial charge in [-0.2, -0.15) is 5.26 Å². The van der Waals surface area contributed by atoms with Crippen LogP contribution in [0.2, 0.25) is 0 Å². The van der Waals surface area contributed by atoms with Crippen molar-refractivity contribution >= 4 is 49.3 Å². The van der Waals surface area contributed by atoms with Gasteiger partial charge in [-0.05, 0) is 49.1 Å². The van der Waals surface area contributed by atoms with Gasteiger partial charge in [0.05, 0.1) is 67.5 Å². The number of hydrogen-bond acceptors (Lipinski definition) is 1. The van der Waals surface area contributed by atoms with Crippen molar-refractivity contribution in [1.82, 2.24) is 9.13 Å². The molecule has 2 aromatic heterocycles. The summed E-state index contributed by atoms with van der Waals surface area (Å²) in [6.07, 6.45) is 0. The summed E-state index contributed by atoms with van der Waals surface area (Å²) >= 11 is 0. The number of nitrogens with zero attached hydrogens (tertiary/aromatic N) is 4. The van der Waals surface area contributed by atoms with Crippen molar-refractivity contribution in [3.63, 3.8) is 0 Å². The Balaban J connectivity index is 1.88. The smallest absolute Gasteiger partial charge is 0.215 e. The van der Waals surface area contributed by atoms with Crippen LogP contribution in [-0.4, -0.2) is 9.13 Å². The molecule has 7 aromatic rings. The minimum Gasteiger partial charge on any atom is -0.319 e. The summed E-state index contributed by atoms with van der Waals surface area (Å²) in [6.45, 7) is 11.1. The average molecular weight is 503 g/mol. The lowest BCUT2D eigenvalue weighted by atomic mass is 9.97. The Kier molecular flexibility index (Phi) is 2.34. The second-order valence-electron chi connectivity index (χ2n) is 8.46. The first kappa shape index (κ1) is 11.0. The summed E-state index contributed by atoms with van der Waals surface area (Å²) in [4.78, 5) is 3.70. The molecule has 0 spiro atoms. The summed E-state index contributed by atoms with van der Waals surface area (Å²) in [5.41, 5.74) is -2.33. The van der Waals surface area contributed by atoms with Crippen molar-refractivity contribution in [2.45, 2.75) is 13.8 Å². The first-order valence-electron chi connectivity index (χ1n) is 19.3. The Labute approximate surface area is 242 Å². The highest BCUT2D eigenvalue weighted by molar-refractivity contribution is 6.11. The summed E-state index contributed by atoms with van der Waals surface area (Å²) in [5, 5.41) is 9.61. The van der Waals surface area contributed by atoms with Crippen LogP contribution in [0.15, 0.2) is 96.7 Å². The normalized spacial score (nSPS) is 17.3. The van der Waals surface area contributed by atoms with Crippen molar-refractivity contribution < 1.29 is 21.9 Å². The van der Waals surface area contributed by atoms with Gasteiger partial charge in [-0.1, -0.05) is 72.5 Å². The Morgan fingerprint density at radius 3 is 1.37 bits per heavy atom. The third-order valence-electron chi connectivity index (χ3n) is 6.64. The Morgan fingerprint density at radius 1 is 0.632 bits per heavy atom. The molecule has 0 N–H and O–H groups in total. The number of fused-ring (bicyclic) bond motifs is 6. The van der Waals surface area contributed by atoms with Crippen molar-refractivity contribution in [3.05, 3.63) is 125 Å². The monoisotopic (exact) mass is 502 g/mol. The average Bonchev–Trinajstić information content (AvgIpc) is 3.69. The van der Waals surface area contributed by atoms with Gasteiger partial charge in [0.25, 0.3) is 0 Å². The highest BCUT2D eigenvalue weighted by Crippen LogP contribution is 2.44. The second kappa shape index (κ2) is 8.10. The minimum atomic E-state index is -0.716. The van der Waals surface area contributed by atoms with Gasteiger partial charge in [0.1, 0.15) is 6.07 Å². The van der Waals surface area contributed by atoms with Crippen molar-refractivity contribution in [2.75, 3.05) is 0 Å². The zero-order valence-corrected chi connectivity index (χ0v) is 19.8. The molecule has 2 heterocycles. The van der Waals surface area contributed by atoms with Crippen LogP contribution in [0, 0.1) is 31.8 Å². The van der Waals surface area contributed by atoms with Crippen molar-refractivity contribution in [1.29, 1.82) is 5.26 Å². The zero-order valence-electron chi connectivity index (χ0n) is 35.8. The van der Waals surface area contributed by atoms with Gasteiger partial charge in [-0.15, -0.1) is 0 Å². The molecule has 0 radical (unpaired) electrons. The number of aromatic nitrogens is 2. The molecule has 0 aliphatic rings. The number of para-hydroxylation sites is 4. The summed E-state index contributed by atoms with van der Waals surface area (Å²) < 4.78 is 141. The molecule has 5 aromatic carbocycles. The van der Waals surface area contributed by atoms with E-state index in [1.807, 2.05) is 6.07 Å². The molecule has 0 amide bonds. The molecule has 4 nitrogen and oxygen atoms in total. The van der Waals surface area contributed by atoms with E-state index in [-0.39, 0.29) is 77.4 Å². The molecule has 0 bridgehead atoms. The van der Waals surface area contributed by atoms with Crippen LogP contribution >= 0.6 is 0 Å². The lowest BCUT2D eigenvalue weighted by Gasteiger charge is -2.22. The van der Waals surface area contributed by atoms with Crippen LogP contribution in [0.3, 0.4) is 0 Å². The predicted octanol–water partition coefficient (Wildman–Crippen LogP) is 8.92. The van der Waals surface area contributed by atoms with Gasteiger partial charge in [-0.3, -0.25) is 0 Å². The lowest BCUT2D eigenvalue weighted by Crippen LogP contribution is -2.08. The van der Waals surface area contributed by atoms with E-state index in [1.54, 1.807) is 0 Å². The molecule has 0 fully saturated rings. The topological polar surface area (TPSA) is 38.0 Å². The van der Waals surface area contributed by atoms with Crippen molar-refractivity contribution in [3.8, 4) is 17.4 Å². The molecule has 0 unspecified atom stereocenters. The van der Waals surface area contributed by atoms with Gasteiger partial charge in [0.15, 0.2) is 0 Å². The van der Waals surface area contributed by atoms with Gasteiger partial charge < -0.3 is 9.13 Å². The van der Waals surface area contributed by atoms with E-state index in [0.29, 0.717) is 0 Å². The van der Waals surface area contributed by atoms with E-state index in [4.69, 9.17) is 28.5 Å². The molecule has 0 aliphatic heterocycles. The molecule has 0 atom stereocenters. The Morgan fingerprint density at radius 2 is 1.00 bits per heavy atom. The Bertz CT molecular complexity index is 2700. The largest absolute Gasteiger partial charge is 0.319 e. The molecular weight excluding hydrogens is 464 g/mol. The molecule has 178 valence electrons. The van der Waals surface area contributed by atoms with E-state index < -0.39 is 96.7 Å². The number of nitriles is 1. The highest BCUT2D eigenvalue weighted by atomic mass is 15.0. The highest BCUT2D eigenvalue weighted by Gasteiger charge is 2.26. The maximum Gasteiger partial charge on any atom is 0.215 e. The summed E-state index contributed by atoms with van der Waals surface area (Å²) in [6, 6.07) is -8.70. The first-order valence-corrected chi connectivity index (χ1v) is 11.3. The first-order chi connectivity index (χ1) is 25.3. The molecule has 7 rings (SSSR count). The summed E-state index contributed by atoms with van der Waals surface area (Å²) in [7, 11) is 0. The van der Waals surface area contributed by atoms with E-state index in [0.717, 1.165) is 9.13 Å². The fourth-order valence-corrected chi connectivity index (χ4v) is 5.07. The van der Waals surface area contributed by atoms with Gasteiger partial charge in [-0.25, -0.2) is 4.85 Å². The SMILES string of the molecule is [2H]c1c([2H])c([2H])c2c(c1[2H])c1c([2H])c([2H])c([2H])c([2H])c1n2-c1c(C)c(-n2c3c([2H])c([2H])c([2H])c([2H])c3c3c([2H])c([2H])c([2H])c([2H])c32)c([N+]#[C-])c(C)c1C#N. The van der Waals surface area contributed by atoms with E-state index in [9.17, 15) is 5.26 Å². The summed E-state index contributed by atoms with van der Waals surface area (Å²) in [5.74, 6) is 0. The standard InChI is InChI=1S/C34H22N4/c1-21-27(20-35)33(37-28-16-8-4-12-23(28)24-13-5-9-17-29(24)37)22(2)34(32(21)36-3)38-30-18-10-6-14-25(30)26-15-7-11-19-31(26)38/h4-19H,1-2H3/i4D,5D,6D,7D,8D,9D,10D,11D,12D,13D,14D,15D,16D,17D,18D,19D. The fraction of sp³-hybridized carbons (Fsp3) is 0.0588. The van der Waals surface area contributed by atoms with Crippen LogP contribution < -0.4 is 0 Å². The quantitative estimate of drug-likeness (QED) is 0.217. The van der Waals surface area contributed by atoms with Gasteiger partial charge in [0, 0.05) is 21.5 Å². The van der Waals surface area contributed by atoms with Gasteiger partial charge in [0.2, 0.25) is 5.69 Å².